The Morgan fingerprint density at radius 2 is 2.20 bits per heavy atom. The predicted molar refractivity (Wildman–Crippen MR) is 40.3 cm³/mol. The van der Waals surface area contributed by atoms with Crippen LogP contribution in [0.15, 0.2) is 19.0 Å². The molecule has 0 amide bonds. The first-order chi connectivity index (χ1) is 4.70. The molecule has 2 N–H and O–H groups in total. The normalized spacial score (nSPS) is 9.30. The van der Waals surface area contributed by atoms with Crippen molar-refractivity contribution in [2.24, 2.45) is 5.73 Å². The predicted octanol–water partition coefficient (Wildman–Crippen LogP) is 1.06. The molecule has 3 nitrogen and oxygen atoms in total. The van der Waals surface area contributed by atoms with E-state index in [0.29, 0.717) is 16.5 Å². The number of halogens is 1. The van der Waals surface area contributed by atoms with Crippen molar-refractivity contribution in [2.75, 3.05) is 0 Å². The lowest BCUT2D eigenvalue weighted by Gasteiger charge is -1.95. The zero-order chi connectivity index (χ0) is 7.56. The lowest BCUT2D eigenvalue weighted by Crippen LogP contribution is -1.97. The minimum Gasteiger partial charge on any atom is -0.397 e. The van der Waals surface area contributed by atoms with Crippen molar-refractivity contribution in [3.63, 3.8) is 0 Å². The Bertz CT molecular complexity index is 242. The summed E-state index contributed by atoms with van der Waals surface area (Å²) in [7, 11) is 0. The van der Waals surface area contributed by atoms with Crippen LogP contribution >= 0.6 is 11.6 Å². The minimum atomic E-state index is 0.352. The van der Waals surface area contributed by atoms with Crippen LogP contribution in [0.3, 0.4) is 0 Å². The maximum atomic E-state index is 5.47. The number of nitrogens with two attached hydrogens (primary N) is 1. The Labute approximate surface area is 63.6 Å². The number of hydrogen-bond donors (Lipinski definition) is 1. The summed E-state index contributed by atoms with van der Waals surface area (Å²) in [4.78, 5) is 7.62. The second kappa shape index (κ2) is 2.66. The van der Waals surface area contributed by atoms with Crippen LogP contribution in [0, 0.1) is 0 Å². The van der Waals surface area contributed by atoms with E-state index in [-0.39, 0.29) is 0 Å². The standard InChI is InChI=1S/C6H6ClN3/c1-4(8)5-2-10-6(7)3-9-5/h2-3H,1,8H2. The average Bonchev–Trinajstić information content (AvgIpc) is 1.88. The molecule has 0 unspecified atom stereocenters. The lowest BCUT2D eigenvalue weighted by molar-refractivity contribution is 1.16. The Balaban J connectivity index is 3.00. The Morgan fingerprint density at radius 1 is 1.50 bits per heavy atom. The molecule has 0 saturated carbocycles. The second-order valence-electron chi connectivity index (χ2n) is 1.75. The van der Waals surface area contributed by atoms with Crippen molar-refractivity contribution in [3.8, 4) is 0 Å². The number of rotatable bonds is 1. The van der Waals surface area contributed by atoms with Gasteiger partial charge in [-0.1, -0.05) is 18.2 Å². The van der Waals surface area contributed by atoms with Crippen molar-refractivity contribution in [3.05, 3.63) is 29.8 Å². The van der Waals surface area contributed by atoms with Crippen LogP contribution in [0.4, 0.5) is 0 Å². The third kappa shape index (κ3) is 1.45. The van der Waals surface area contributed by atoms with Gasteiger partial charge >= 0.3 is 0 Å². The first-order valence-electron chi connectivity index (χ1n) is 2.62. The minimum absolute atomic E-state index is 0.352. The Hall–Kier alpha value is -1.09. The molecule has 0 aliphatic carbocycles. The topological polar surface area (TPSA) is 51.8 Å². The van der Waals surface area contributed by atoms with E-state index in [1.165, 1.54) is 12.4 Å². The van der Waals surface area contributed by atoms with Gasteiger partial charge < -0.3 is 5.73 Å². The smallest absolute Gasteiger partial charge is 0.147 e. The highest BCUT2D eigenvalue weighted by atomic mass is 35.5. The van der Waals surface area contributed by atoms with Crippen LogP contribution in [-0.2, 0) is 0 Å². The fourth-order valence-corrected chi connectivity index (χ4v) is 0.576. The summed E-state index contributed by atoms with van der Waals surface area (Å²) < 4.78 is 0. The van der Waals surface area contributed by atoms with Gasteiger partial charge in [0.25, 0.3) is 0 Å². The highest BCUT2D eigenvalue weighted by molar-refractivity contribution is 6.29. The van der Waals surface area contributed by atoms with Crippen LogP contribution in [0.2, 0.25) is 5.15 Å². The fraction of sp³-hybridized carbons (Fsp3) is 0. The molecule has 0 saturated heterocycles. The number of hydrogen-bond acceptors (Lipinski definition) is 3. The fourth-order valence-electron chi connectivity index (χ4n) is 0.478. The number of nitrogens with zero attached hydrogens (tertiary/aromatic N) is 2. The summed E-state index contributed by atoms with van der Waals surface area (Å²) in [5, 5.41) is 0.352. The van der Waals surface area contributed by atoms with Gasteiger partial charge in [0, 0.05) is 0 Å². The van der Waals surface area contributed by atoms with Gasteiger partial charge in [-0.25, -0.2) is 9.97 Å². The largest absolute Gasteiger partial charge is 0.397 e. The van der Waals surface area contributed by atoms with Crippen molar-refractivity contribution in [1.29, 1.82) is 0 Å². The first-order valence-corrected chi connectivity index (χ1v) is 3.00. The molecule has 0 fully saturated rings. The van der Waals surface area contributed by atoms with Crippen molar-refractivity contribution >= 4 is 17.3 Å². The van der Waals surface area contributed by atoms with Crippen molar-refractivity contribution in [2.45, 2.75) is 0 Å². The molecule has 10 heavy (non-hydrogen) atoms. The van der Waals surface area contributed by atoms with Crippen LogP contribution in [-0.4, -0.2) is 9.97 Å². The first kappa shape index (κ1) is 7.02. The van der Waals surface area contributed by atoms with Crippen molar-refractivity contribution in [1.82, 2.24) is 9.97 Å². The van der Waals surface area contributed by atoms with Gasteiger partial charge in [-0.3, -0.25) is 0 Å². The summed E-state index contributed by atoms with van der Waals surface area (Å²) in [6.45, 7) is 3.49. The molecule has 0 aromatic carbocycles. The highest BCUT2D eigenvalue weighted by Gasteiger charge is 1.94. The van der Waals surface area contributed by atoms with Gasteiger partial charge in [-0.05, 0) is 0 Å². The van der Waals surface area contributed by atoms with Gasteiger partial charge in [0.15, 0.2) is 0 Å². The molecule has 0 spiro atoms. The molecule has 52 valence electrons. The molecule has 0 aliphatic rings. The molecule has 1 heterocycles. The Kier molecular flexibility index (Phi) is 1.87. The summed E-state index contributed by atoms with van der Waals surface area (Å²) in [5.74, 6) is 0. The van der Waals surface area contributed by atoms with Gasteiger partial charge in [0.05, 0.1) is 18.1 Å². The zero-order valence-corrected chi connectivity index (χ0v) is 5.97. The SMILES string of the molecule is C=C(N)c1cnc(Cl)cn1. The van der Waals surface area contributed by atoms with E-state index in [1.807, 2.05) is 0 Å². The molecule has 0 aliphatic heterocycles. The van der Waals surface area contributed by atoms with Crippen molar-refractivity contribution < 1.29 is 0 Å². The molecular weight excluding hydrogens is 150 g/mol. The molecule has 0 radical (unpaired) electrons. The number of aromatic nitrogens is 2. The van der Waals surface area contributed by atoms with E-state index in [9.17, 15) is 0 Å². The van der Waals surface area contributed by atoms with Crippen LogP contribution in [0.25, 0.3) is 5.70 Å². The molecule has 0 atom stereocenters. The van der Waals surface area contributed by atoms with Gasteiger partial charge in [-0.15, -0.1) is 0 Å². The van der Waals surface area contributed by atoms with Gasteiger partial charge in [0.2, 0.25) is 0 Å². The van der Waals surface area contributed by atoms with E-state index in [4.69, 9.17) is 17.3 Å². The van der Waals surface area contributed by atoms with E-state index < -0.39 is 0 Å². The average molecular weight is 156 g/mol. The lowest BCUT2D eigenvalue weighted by atomic mass is 10.4. The summed E-state index contributed by atoms with van der Waals surface area (Å²) in [5.41, 5.74) is 6.28. The second-order valence-corrected chi connectivity index (χ2v) is 2.14. The van der Waals surface area contributed by atoms with E-state index in [0.717, 1.165) is 0 Å². The summed E-state index contributed by atoms with van der Waals surface area (Å²) in [6.07, 6.45) is 2.90. The zero-order valence-electron chi connectivity index (χ0n) is 5.21. The van der Waals surface area contributed by atoms with E-state index >= 15 is 0 Å². The van der Waals surface area contributed by atoms with E-state index in [2.05, 4.69) is 16.5 Å². The summed E-state index contributed by atoms with van der Waals surface area (Å²) >= 11 is 5.47. The van der Waals surface area contributed by atoms with Crippen LogP contribution in [0.1, 0.15) is 5.69 Å². The highest BCUT2D eigenvalue weighted by Crippen LogP contribution is 2.04. The monoisotopic (exact) mass is 155 g/mol. The summed E-state index contributed by atoms with van der Waals surface area (Å²) in [6, 6.07) is 0. The molecule has 0 bridgehead atoms. The van der Waals surface area contributed by atoms with Crippen LogP contribution < -0.4 is 5.73 Å². The molecule has 1 rings (SSSR count). The Morgan fingerprint density at radius 3 is 2.60 bits per heavy atom. The molecular formula is C6H6ClN3. The third-order valence-electron chi connectivity index (χ3n) is 0.949. The third-order valence-corrected chi connectivity index (χ3v) is 1.14. The van der Waals surface area contributed by atoms with E-state index in [1.54, 1.807) is 0 Å². The molecule has 1 aromatic heterocycles. The molecule has 1 aromatic rings. The maximum Gasteiger partial charge on any atom is 0.147 e. The van der Waals surface area contributed by atoms with Gasteiger partial charge in [0.1, 0.15) is 10.8 Å². The van der Waals surface area contributed by atoms with Gasteiger partial charge in [-0.2, -0.15) is 0 Å². The molecule has 4 heteroatoms. The maximum absolute atomic E-state index is 5.47. The quantitative estimate of drug-likeness (QED) is 0.660. The van der Waals surface area contributed by atoms with Crippen LogP contribution in [0.5, 0.6) is 0 Å².